The highest BCUT2D eigenvalue weighted by Gasteiger charge is 2.35. The summed E-state index contributed by atoms with van der Waals surface area (Å²) in [6, 6.07) is 15.5. The van der Waals surface area contributed by atoms with E-state index >= 15 is 0 Å². The van der Waals surface area contributed by atoms with Crippen LogP contribution in [-0.4, -0.2) is 26.8 Å². The molecule has 1 aromatic heterocycles. The van der Waals surface area contributed by atoms with Crippen molar-refractivity contribution >= 4 is 36.2 Å². The molecule has 0 spiro atoms. The van der Waals surface area contributed by atoms with E-state index in [1.54, 1.807) is 17.4 Å². The molecule has 1 atom stereocenters. The first-order valence-electron chi connectivity index (χ1n) is 9.03. The Labute approximate surface area is 178 Å². The highest BCUT2D eigenvalue weighted by molar-refractivity contribution is 7.54. The summed E-state index contributed by atoms with van der Waals surface area (Å²) in [7, 11) is -1.21. The summed E-state index contributed by atoms with van der Waals surface area (Å²) in [5.74, 6) is -0.366. The number of nitrogen functional groups attached to an aromatic ring is 1. The molecule has 0 aliphatic heterocycles. The van der Waals surface area contributed by atoms with Crippen LogP contribution in [0.3, 0.4) is 0 Å². The molecular formula is C21H22FN2O4PS. The highest BCUT2D eigenvalue weighted by Crippen LogP contribution is 2.59. The van der Waals surface area contributed by atoms with Crippen molar-refractivity contribution in [1.29, 1.82) is 0 Å². The zero-order chi connectivity index (χ0) is 21.7. The van der Waals surface area contributed by atoms with Crippen molar-refractivity contribution in [1.82, 2.24) is 0 Å². The first-order chi connectivity index (χ1) is 14.4. The van der Waals surface area contributed by atoms with Gasteiger partial charge in [0.1, 0.15) is 12.3 Å². The molecule has 0 fully saturated rings. The molecule has 0 saturated heterocycles. The minimum atomic E-state index is -3.63. The summed E-state index contributed by atoms with van der Waals surface area (Å²) < 4.78 is 35.9. The molecule has 9 heteroatoms. The summed E-state index contributed by atoms with van der Waals surface area (Å²) in [5.41, 5.74) is 7.61. The first-order valence-corrected chi connectivity index (χ1v) is 11.5. The summed E-state index contributed by atoms with van der Waals surface area (Å²) >= 11 is 1.59. The molecule has 3 rings (SSSR count). The van der Waals surface area contributed by atoms with Gasteiger partial charge in [0.15, 0.2) is 0 Å². The molecule has 0 aliphatic carbocycles. The molecule has 30 heavy (non-hydrogen) atoms. The summed E-state index contributed by atoms with van der Waals surface area (Å²) in [5, 5.41) is 4.78. The predicted molar refractivity (Wildman–Crippen MR) is 119 cm³/mol. The van der Waals surface area contributed by atoms with Crippen LogP contribution in [0.4, 0.5) is 15.8 Å². The van der Waals surface area contributed by atoms with Crippen LogP contribution >= 0.6 is 18.9 Å². The lowest BCUT2D eigenvalue weighted by Crippen LogP contribution is -2.13. The number of nitrogens with two attached hydrogens (primary N) is 1. The Hall–Kier alpha value is -2.51. The Bertz CT molecular complexity index is 1050. The van der Waals surface area contributed by atoms with Gasteiger partial charge in [-0.1, -0.05) is 24.3 Å². The van der Waals surface area contributed by atoms with Crippen LogP contribution in [0.15, 0.2) is 60.0 Å². The van der Waals surface area contributed by atoms with E-state index in [1.807, 2.05) is 29.6 Å². The fourth-order valence-electron chi connectivity index (χ4n) is 3.00. The third-order valence-electron chi connectivity index (χ3n) is 4.70. The fraction of sp³-hybridized carbons (Fsp3) is 0.190. The summed E-state index contributed by atoms with van der Waals surface area (Å²) in [4.78, 5) is 13.7. The van der Waals surface area contributed by atoms with Gasteiger partial charge in [0.05, 0.1) is 11.4 Å². The van der Waals surface area contributed by atoms with Crippen LogP contribution in [0.1, 0.15) is 21.6 Å². The number of alkyl halides is 1. The van der Waals surface area contributed by atoms with Crippen molar-refractivity contribution < 1.29 is 22.8 Å². The molecule has 0 radical (unpaired) electrons. The van der Waals surface area contributed by atoms with E-state index < -0.39 is 19.9 Å². The molecule has 1 heterocycles. The van der Waals surface area contributed by atoms with Crippen LogP contribution < -0.4 is 11.1 Å². The normalized spacial score (nSPS) is 12.5. The van der Waals surface area contributed by atoms with Crippen molar-refractivity contribution in [2.75, 3.05) is 31.9 Å². The van der Waals surface area contributed by atoms with E-state index in [0.29, 0.717) is 22.5 Å². The maximum Gasteiger partial charge on any atom is 0.340 e. The van der Waals surface area contributed by atoms with E-state index in [9.17, 15) is 13.8 Å². The zero-order valence-electron chi connectivity index (χ0n) is 16.5. The van der Waals surface area contributed by atoms with Gasteiger partial charge in [0.25, 0.3) is 5.91 Å². The molecule has 6 nitrogen and oxygen atoms in total. The Kier molecular flexibility index (Phi) is 7.05. The van der Waals surface area contributed by atoms with Crippen molar-refractivity contribution in [3.05, 3.63) is 71.1 Å². The molecule has 158 valence electrons. The van der Waals surface area contributed by atoms with Crippen molar-refractivity contribution in [3.8, 4) is 10.4 Å². The van der Waals surface area contributed by atoms with Gasteiger partial charge < -0.3 is 20.1 Å². The largest absolute Gasteiger partial charge is 0.397 e. The third-order valence-corrected chi connectivity index (χ3v) is 7.84. The van der Waals surface area contributed by atoms with E-state index in [0.717, 1.165) is 10.4 Å². The second kappa shape index (κ2) is 9.53. The van der Waals surface area contributed by atoms with Crippen LogP contribution in [0.2, 0.25) is 0 Å². The summed E-state index contributed by atoms with van der Waals surface area (Å²) in [6.07, 6.45) is 0. The molecule has 2 aromatic carbocycles. The van der Waals surface area contributed by atoms with Crippen molar-refractivity contribution in [2.45, 2.75) is 5.66 Å². The van der Waals surface area contributed by atoms with Gasteiger partial charge in [-0.15, -0.1) is 11.3 Å². The number of rotatable bonds is 8. The average molecular weight is 448 g/mol. The van der Waals surface area contributed by atoms with E-state index in [-0.39, 0.29) is 5.91 Å². The second-order valence-corrected chi connectivity index (χ2v) is 9.81. The number of halogens is 1. The van der Waals surface area contributed by atoms with Crippen LogP contribution in [0.25, 0.3) is 10.4 Å². The number of hydrogen-bond donors (Lipinski definition) is 2. The topological polar surface area (TPSA) is 90.6 Å². The number of carbonyl (C=O) groups excluding carboxylic acids is 1. The van der Waals surface area contributed by atoms with Gasteiger partial charge in [0.2, 0.25) is 0 Å². The molecule has 3 N–H and O–H groups in total. The van der Waals surface area contributed by atoms with E-state index in [2.05, 4.69) is 5.32 Å². The third kappa shape index (κ3) is 4.63. The van der Waals surface area contributed by atoms with Gasteiger partial charge in [-0.25, -0.2) is 4.39 Å². The second-order valence-electron chi connectivity index (χ2n) is 6.43. The number of nitrogens with one attached hydrogen (secondary N) is 1. The zero-order valence-corrected chi connectivity index (χ0v) is 18.2. The average Bonchev–Trinajstić information content (AvgIpc) is 3.31. The Morgan fingerprint density at radius 1 is 1.17 bits per heavy atom. The summed E-state index contributed by atoms with van der Waals surface area (Å²) in [6.45, 7) is -0.920. The van der Waals surface area contributed by atoms with Gasteiger partial charge >= 0.3 is 7.60 Å². The standard InChI is InChI=1S/C21H22FN2O4PS/c1-27-29(26,28-2)19(13-22)14-5-7-15(8-6-14)21(25)24-18-12-16(9-10-17(18)23)20-4-3-11-30-20/h3-12,19H,13,23H2,1-2H3,(H,24,25). The number of thiophene rings is 1. The molecular weight excluding hydrogens is 426 g/mol. The molecule has 1 amide bonds. The molecule has 1 unspecified atom stereocenters. The van der Waals surface area contributed by atoms with Gasteiger partial charge in [-0.2, -0.15) is 0 Å². The smallest absolute Gasteiger partial charge is 0.340 e. The maximum absolute atomic E-state index is 13.5. The molecule has 3 aromatic rings. The Morgan fingerprint density at radius 2 is 1.87 bits per heavy atom. The van der Waals surface area contributed by atoms with E-state index in [4.69, 9.17) is 14.8 Å². The molecule has 0 aliphatic rings. The minimum Gasteiger partial charge on any atom is -0.397 e. The Morgan fingerprint density at radius 3 is 2.43 bits per heavy atom. The monoisotopic (exact) mass is 448 g/mol. The fourth-order valence-corrected chi connectivity index (χ4v) is 5.09. The highest BCUT2D eigenvalue weighted by atomic mass is 32.1. The number of hydrogen-bond acceptors (Lipinski definition) is 6. The minimum absolute atomic E-state index is 0.349. The van der Waals surface area contributed by atoms with Gasteiger partial charge in [0, 0.05) is 24.7 Å². The lowest BCUT2D eigenvalue weighted by molar-refractivity contribution is 0.102. The lowest BCUT2D eigenvalue weighted by Gasteiger charge is -2.22. The quantitative estimate of drug-likeness (QED) is 0.338. The van der Waals surface area contributed by atoms with Gasteiger partial charge in [-0.3, -0.25) is 9.36 Å². The Balaban J connectivity index is 1.80. The predicted octanol–water partition coefficient (Wildman–Crippen LogP) is 5.75. The maximum atomic E-state index is 13.5. The SMILES string of the molecule is COP(=O)(OC)C(CF)c1ccc(C(=O)Nc2cc(-c3cccs3)ccc2N)cc1. The first kappa shape index (κ1) is 22.2. The number of carbonyl (C=O) groups is 1. The van der Waals surface area contributed by atoms with Crippen LogP contribution in [0, 0.1) is 0 Å². The van der Waals surface area contributed by atoms with Crippen molar-refractivity contribution in [3.63, 3.8) is 0 Å². The lowest BCUT2D eigenvalue weighted by atomic mass is 10.1. The van der Waals surface area contributed by atoms with E-state index in [1.165, 1.54) is 38.5 Å². The molecule has 0 bridgehead atoms. The number of amides is 1. The van der Waals surface area contributed by atoms with Crippen LogP contribution in [0.5, 0.6) is 0 Å². The van der Waals surface area contributed by atoms with Crippen LogP contribution in [-0.2, 0) is 13.6 Å². The number of anilines is 2. The number of benzene rings is 2. The molecule has 0 saturated carbocycles. The van der Waals surface area contributed by atoms with Crippen molar-refractivity contribution in [2.24, 2.45) is 0 Å². The van der Waals surface area contributed by atoms with Gasteiger partial charge in [-0.05, 0) is 46.8 Å².